The zero-order chi connectivity index (χ0) is 22.6. The Hall–Kier alpha value is 2.18. The van der Waals surface area contributed by atoms with Crippen LogP contribution < -0.4 is 0 Å². The first-order valence-corrected chi connectivity index (χ1v) is 20.0. The molecule has 0 radical (unpaired) electrons. The number of hydrogen-bond donors (Lipinski definition) is 0. The molecule has 0 atom stereocenters. The smallest absolute Gasteiger partial charge is 2.00 e. The van der Waals surface area contributed by atoms with Crippen molar-refractivity contribution >= 4 is 58.8 Å². The zero-order valence-corrected chi connectivity index (χ0v) is 28.9. The molecule has 7 nitrogen and oxygen atoms in total. The van der Waals surface area contributed by atoms with Crippen molar-refractivity contribution in [3.05, 3.63) is 0 Å². The van der Waals surface area contributed by atoms with E-state index in [1.165, 1.54) is 0 Å². The first kappa shape index (κ1) is 38.7. The van der Waals surface area contributed by atoms with Gasteiger partial charge in [-0.3, -0.25) is 0 Å². The van der Waals surface area contributed by atoms with Gasteiger partial charge in [-0.2, -0.15) is 0 Å². The Morgan fingerprint density at radius 1 is 0.500 bits per heavy atom. The second-order valence-electron chi connectivity index (χ2n) is 5.95. The quantitative estimate of drug-likeness (QED) is 0.0725. The molecule has 0 bridgehead atoms. The van der Waals surface area contributed by atoms with Crippen molar-refractivity contribution in [1.29, 1.82) is 0 Å². The second-order valence-corrected chi connectivity index (χ2v) is 17.7. The Morgan fingerprint density at radius 3 is 0.969 bits per heavy atom. The first-order chi connectivity index (χ1) is 14.6. The Kier molecular flexibility index (Phi) is 31.7. The van der Waals surface area contributed by atoms with Crippen LogP contribution >= 0.6 is 41.2 Å². The predicted molar refractivity (Wildman–Crippen MR) is 141 cm³/mol. The molecule has 0 N–H and O–H groups in total. The van der Waals surface area contributed by atoms with Crippen LogP contribution in [0.5, 0.6) is 0 Å². The molecular weight excluding hydrogens is 578 g/mol. The van der Waals surface area contributed by atoms with E-state index in [0.717, 1.165) is 36.4 Å². The Balaban J connectivity index is -0.00000420. The van der Waals surface area contributed by atoms with Crippen LogP contribution in [0.3, 0.4) is 0 Å². The molecule has 0 heterocycles. The molecule has 0 spiro atoms. The molecule has 0 aliphatic heterocycles. The fourth-order valence-corrected chi connectivity index (χ4v) is 14.7. The third-order valence-electron chi connectivity index (χ3n) is 3.73. The van der Waals surface area contributed by atoms with E-state index in [4.69, 9.17) is 26.6 Å². The van der Waals surface area contributed by atoms with Crippen molar-refractivity contribution in [2.24, 2.45) is 0 Å². The Morgan fingerprint density at radius 2 is 0.750 bits per heavy atom. The molecule has 190 valence electrons. The van der Waals surface area contributed by atoms with E-state index >= 15 is 0 Å². The van der Waals surface area contributed by atoms with Crippen molar-refractivity contribution < 1.29 is 51.5 Å². The summed E-state index contributed by atoms with van der Waals surface area (Å²) in [5.74, 6) is 2.13. The van der Waals surface area contributed by atoms with Crippen LogP contribution in [0.4, 0.5) is 0 Å². The average molecular weight is 620 g/mol. The van der Waals surface area contributed by atoms with Gasteiger partial charge in [0.2, 0.25) is 0 Å². The van der Waals surface area contributed by atoms with E-state index in [2.05, 4.69) is 0 Å². The zero-order valence-electron chi connectivity index (χ0n) is 20.7. The molecule has 0 aromatic carbocycles. The Bertz CT molecular complexity index is 329. The van der Waals surface area contributed by atoms with Crippen molar-refractivity contribution in [2.75, 3.05) is 51.1 Å². The fraction of sp³-hybridized carbons (Fsp3) is 1.00. The summed E-state index contributed by atoms with van der Waals surface area (Å²) in [5, 5.41) is 0. The molecule has 0 fully saturated rings. The third kappa shape index (κ3) is 18.4. The fourth-order valence-electron chi connectivity index (χ4n) is 2.81. The largest absolute Gasteiger partial charge is 2.00 e. The van der Waals surface area contributed by atoms with E-state index in [1.54, 1.807) is 0 Å². The van der Waals surface area contributed by atoms with Gasteiger partial charge >= 0.3 is 37.1 Å². The van der Waals surface area contributed by atoms with Crippen LogP contribution in [0, 0.1) is 0 Å². The maximum atomic E-state index is 5.90. The summed E-state index contributed by atoms with van der Waals surface area (Å²) in [7, 11) is 2.48. The van der Waals surface area contributed by atoms with Crippen molar-refractivity contribution in [3.63, 3.8) is 0 Å². The van der Waals surface area contributed by atoms with Gasteiger partial charge in [0.25, 0.3) is 0 Å². The van der Waals surface area contributed by atoms with Crippen LogP contribution in [0.1, 0.15) is 54.4 Å². The third-order valence-corrected chi connectivity index (χ3v) is 16.7. The van der Waals surface area contributed by atoms with E-state index in [0.29, 0.717) is 39.6 Å². The number of rotatable bonds is 23. The molecule has 0 aromatic rings. The maximum Gasteiger partial charge on any atom is 2.00 e. The first-order valence-electron chi connectivity index (χ1n) is 11.0. The van der Waals surface area contributed by atoms with Gasteiger partial charge in [-0.05, 0) is 74.0 Å². The monoisotopic (exact) mass is 618 g/mol. The Labute approximate surface area is 226 Å². The topological polar surface area (TPSA) is 83.9 Å². The van der Waals surface area contributed by atoms with Gasteiger partial charge in [0.15, 0.2) is 0 Å². The van der Waals surface area contributed by atoms with Crippen molar-refractivity contribution in [3.8, 4) is 0 Å². The summed E-state index contributed by atoms with van der Waals surface area (Å²) in [6, 6.07) is 1.76. The number of hydrogen-bond acceptors (Lipinski definition) is 10. The predicted octanol–water partition coefficient (Wildman–Crippen LogP) is 6.42. The SMILES string of the molecule is CCO[Si](CCCSSSSCCC[Si](OCC)(OCC)OCC)(OCC)OCC.[O-2].[Zn+2]. The maximum absolute atomic E-state index is 5.90. The summed E-state index contributed by atoms with van der Waals surface area (Å²) in [6.45, 7) is 15.8. The molecule has 0 saturated carbocycles. The minimum atomic E-state index is -2.49. The van der Waals surface area contributed by atoms with Crippen molar-refractivity contribution in [1.82, 2.24) is 0 Å². The normalized spacial score (nSPS) is 11.8. The van der Waals surface area contributed by atoms with Crippen LogP contribution in [-0.2, 0) is 51.5 Å². The van der Waals surface area contributed by atoms with Crippen LogP contribution in [0.15, 0.2) is 0 Å². The van der Waals surface area contributed by atoms with Crippen LogP contribution in [-0.4, -0.2) is 68.8 Å². The van der Waals surface area contributed by atoms with E-state index < -0.39 is 17.6 Å². The van der Waals surface area contributed by atoms with Gasteiger partial charge in [0.1, 0.15) is 0 Å². The van der Waals surface area contributed by atoms with Crippen LogP contribution in [0.25, 0.3) is 0 Å². The molecule has 14 heteroatoms. The molecule has 0 aliphatic carbocycles. The molecule has 0 amide bonds. The molecular formula is C18H42O7S4Si2Zn. The molecule has 0 aromatic heterocycles. The van der Waals surface area contributed by atoms with Gasteiger partial charge in [-0.25, -0.2) is 0 Å². The molecule has 0 rings (SSSR count). The summed E-state index contributed by atoms with van der Waals surface area (Å²) >= 11 is 0. The minimum absolute atomic E-state index is 0. The molecule has 0 unspecified atom stereocenters. The molecule has 0 aliphatic rings. The summed E-state index contributed by atoms with van der Waals surface area (Å²) in [4.78, 5) is 0. The van der Waals surface area contributed by atoms with Gasteiger partial charge in [0, 0.05) is 63.2 Å². The van der Waals surface area contributed by atoms with Crippen molar-refractivity contribution in [2.45, 2.75) is 66.5 Å². The minimum Gasteiger partial charge on any atom is -2.00 e. The van der Waals surface area contributed by atoms with E-state index in [9.17, 15) is 0 Å². The van der Waals surface area contributed by atoms with E-state index in [1.807, 2.05) is 82.8 Å². The molecule has 0 saturated heterocycles. The summed E-state index contributed by atoms with van der Waals surface area (Å²) < 4.78 is 35.4. The molecule has 32 heavy (non-hydrogen) atoms. The van der Waals surface area contributed by atoms with Gasteiger partial charge in [-0.1, -0.05) is 21.6 Å². The summed E-state index contributed by atoms with van der Waals surface area (Å²) in [6.07, 6.45) is 2.08. The van der Waals surface area contributed by atoms with E-state index in [-0.39, 0.29) is 25.0 Å². The second kappa shape index (κ2) is 26.2. The van der Waals surface area contributed by atoms with Gasteiger partial charge in [0.05, 0.1) is 0 Å². The standard InChI is InChI=1S/C18H42O6S4Si2.O.Zn/c1-7-19-29(20-8-2,21-9-3)17-13-15-25-27-28-26-16-14-18-30(22-10-4,23-11-5)24-12-6;;/h7-18H2,1-6H3;;/q;-2;+2. The van der Waals surface area contributed by atoms with Crippen LogP contribution in [0.2, 0.25) is 12.1 Å². The van der Waals surface area contributed by atoms with Gasteiger partial charge in [-0.15, -0.1) is 0 Å². The average Bonchev–Trinajstić information content (AvgIpc) is 2.70. The summed E-state index contributed by atoms with van der Waals surface area (Å²) in [5.41, 5.74) is 0. The van der Waals surface area contributed by atoms with Gasteiger partial charge < -0.3 is 32.0 Å².